The maximum absolute atomic E-state index is 5.80. The van der Waals surface area contributed by atoms with E-state index in [0.717, 1.165) is 15.0 Å². The summed E-state index contributed by atoms with van der Waals surface area (Å²) in [5.41, 5.74) is 7.45. The molecular formula is C13H10IN5. The van der Waals surface area contributed by atoms with E-state index in [1.165, 1.54) is 0 Å². The van der Waals surface area contributed by atoms with Gasteiger partial charge in [-0.15, -0.1) is 0 Å². The number of nitrogens with zero attached hydrogens (tertiary/aromatic N) is 4. The first kappa shape index (κ1) is 12.1. The molecule has 5 nitrogen and oxygen atoms in total. The van der Waals surface area contributed by atoms with E-state index in [2.05, 4.69) is 37.5 Å². The number of halogens is 1. The van der Waals surface area contributed by atoms with Crippen LogP contribution in [0.15, 0.2) is 49.1 Å². The summed E-state index contributed by atoms with van der Waals surface area (Å²) in [6.07, 6.45) is 7.10. The third-order valence-electron chi connectivity index (χ3n) is 2.61. The number of nitrogens with two attached hydrogens (primary N) is 1. The largest absolute Gasteiger partial charge is 0.399 e. The second-order valence-corrected chi connectivity index (χ2v) is 5.19. The highest BCUT2D eigenvalue weighted by Gasteiger charge is 2.09. The molecule has 0 fully saturated rings. The van der Waals surface area contributed by atoms with Gasteiger partial charge in [0, 0.05) is 39.6 Å². The predicted molar refractivity (Wildman–Crippen MR) is 81.7 cm³/mol. The first-order chi connectivity index (χ1) is 9.24. The van der Waals surface area contributed by atoms with Crippen LogP contribution in [0.5, 0.6) is 0 Å². The molecule has 2 N–H and O–H groups in total. The summed E-state index contributed by atoms with van der Waals surface area (Å²) >= 11 is 2.17. The summed E-state index contributed by atoms with van der Waals surface area (Å²) in [5.74, 6) is 1.36. The number of aromatic nitrogens is 4. The average Bonchev–Trinajstić information content (AvgIpc) is 2.89. The smallest absolute Gasteiger partial charge is 0.235 e. The molecule has 0 atom stereocenters. The van der Waals surface area contributed by atoms with Gasteiger partial charge in [-0.05, 0) is 34.7 Å². The third-order valence-corrected chi connectivity index (χ3v) is 3.16. The van der Waals surface area contributed by atoms with Crippen molar-refractivity contribution in [2.75, 3.05) is 5.73 Å². The minimum absolute atomic E-state index is 0.593. The summed E-state index contributed by atoms with van der Waals surface area (Å²) in [7, 11) is 0. The summed E-state index contributed by atoms with van der Waals surface area (Å²) < 4.78 is 2.83. The second-order valence-electron chi connectivity index (χ2n) is 3.95. The fourth-order valence-electron chi connectivity index (χ4n) is 1.79. The van der Waals surface area contributed by atoms with Gasteiger partial charge in [-0.1, -0.05) is 12.1 Å². The Bertz CT molecular complexity index is 705. The van der Waals surface area contributed by atoms with Crippen molar-refractivity contribution in [3.63, 3.8) is 0 Å². The monoisotopic (exact) mass is 363 g/mol. The lowest BCUT2D eigenvalue weighted by molar-refractivity contribution is 0.929. The maximum atomic E-state index is 5.80. The van der Waals surface area contributed by atoms with Gasteiger partial charge in [0.15, 0.2) is 0 Å². The highest BCUT2D eigenvalue weighted by molar-refractivity contribution is 14.1. The van der Waals surface area contributed by atoms with Crippen LogP contribution < -0.4 is 5.73 Å². The van der Waals surface area contributed by atoms with E-state index in [1.807, 2.05) is 35.0 Å². The van der Waals surface area contributed by atoms with Gasteiger partial charge in [-0.25, -0.2) is 15.0 Å². The molecular weight excluding hydrogens is 353 g/mol. The van der Waals surface area contributed by atoms with Gasteiger partial charge < -0.3 is 5.73 Å². The molecule has 0 saturated carbocycles. The van der Waals surface area contributed by atoms with Crippen LogP contribution in [0.3, 0.4) is 0 Å². The van der Waals surface area contributed by atoms with Crippen molar-refractivity contribution in [1.82, 2.24) is 19.5 Å². The maximum Gasteiger partial charge on any atom is 0.235 e. The fourth-order valence-corrected chi connectivity index (χ4v) is 2.06. The zero-order valence-corrected chi connectivity index (χ0v) is 12.0. The molecule has 0 aliphatic heterocycles. The first-order valence-corrected chi connectivity index (χ1v) is 6.69. The molecule has 0 aliphatic carbocycles. The van der Waals surface area contributed by atoms with Crippen LogP contribution in [0.2, 0.25) is 0 Å². The van der Waals surface area contributed by atoms with Crippen LogP contribution in [0.1, 0.15) is 0 Å². The molecule has 0 spiro atoms. The van der Waals surface area contributed by atoms with E-state index in [1.54, 1.807) is 18.6 Å². The minimum Gasteiger partial charge on any atom is -0.399 e. The molecule has 0 bridgehead atoms. The highest BCUT2D eigenvalue weighted by atomic mass is 127. The molecule has 2 aromatic heterocycles. The molecule has 3 rings (SSSR count). The van der Waals surface area contributed by atoms with Gasteiger partial charge in [-0.3, -0.25) is 4.57 Å². The van der Waals surface area contributed by atoms with E-state index >= 15 is 0 Å². The molecule has 0 radical (unpaired) electrons. The highest BCUT2D eigenvalue weighted by Crippen LogP contribution is 2.21. The Kier molecular flexibility index (Phi) is 3.16. The average molecular weight is 363 g/mol. The van der Waals surface area contributed by atoms with E-state index in [4.69, 9.17) is 5.73 Å². The Morgan fingerprint density at radius 3 is 2.63 bits per heavy atom. The minimum atomic E-state index is 0.593. The van der Waals surface area contributed by atoms with Gasteiger partial charge in [0.1, 0.15) is 5.82 Å². The number of nitrogen functional groups attached to an aromatic ring is 1. The number of benzene rings is 1. The van der Waals surface area contributed by atoms with Gasteiger partial charge in [0.25, 0.3) is 0 Å². The predicted octanol–water partition coefficient (Wildman–Crippen LogP) is 2.52. The lowest BCUT2D eigenvalue weighted by atomic mass is 10.2. The topological polar surface area (TPSA) is 69.6 Å². The second kappa shape index (κ2) is 4.96. The molecule has 1 aromatic carbocycles. The first-order valence-electron chi connectivity index (χ1n) is 5.61. The zero-order valence-electron chi connectivity index (χ0n) is 9.86. The fraction of sp³-hybridized carbons (Fsp3) is 0. The van der Waals surface area contributed by atoms with E-state index < -0.39 is 0 Å². The van der Waals surface area contributed by atoms with Gasteiger partial charge in [0.2, 0.25) is 5.95 Å². The van der Waals surface area contributed by atoms with E-state index in [0.29, 0.717) is 11.6 Å². The zero-order chi connectivity index (χ0) is 13.2. The van der Waals surface area contributed by atoms with Crippen molar-refractivity contribution in [1.29, 1.82) is 0 Å². The van der Waals surface area contributed by atoms with Gasteiger partial charge in [-0.2, -0.15) is 0 Å². The normalized spacial score (nSPS) is 10.6. The van der Waals surface area contributed by atoms with Crippen molar-refractivity contribution < 1.29 is 0 Å². The van der Waals surface area contributed by atoms with Crippen molar-refractivity contribution in [2.45, 2.75) is 0 Å². The SMILES string of the molecule is Nc1cccc(-c2nccn2-c2ncc(I)cn2)c1. The van der Waals surface area contributed by atoms with Crippen LogP contribution in [-0.4, -0.2) is 19.5 Å². The summed E-state index contributed by atoms with van der Waals surface area (Å²) in [4.78, 5) is 13.0. The molecule has 3 aromatic rings. The number of anilines is 1. The third kappa shape index (κ3) is 2.43. The van der Waals surface area contributed by atoms with Crippen LogP contribution >= 0.6 is 22.6 Å². The van der Waals surface area contributed by atoms with Crippen LogP contribution in [-0.2, 0) is 0 Å². The van der Waals surface area contributed by atoms with Crippen LogP contribution in [0.25, 0.3) is 17.3 Å². The quantitative estimate of drug-likeness (QED) is 0.561. The van der Waals surface area contributed by atoms with Crippen LogP contribution in [0.4, 0.5) is 5.69 Å². The molecule has 6 heteroatoms. The summed E-state index contributed by atoms with van der Waals surface area (Å²) in [5, 5.41) is 0. The lowest BCUT2D eigenvalue weighted by Gasteiger charge is -2.06. The Morgan fingerprint density at radius 2 is 1.89 bits per heavy atom. The Morgan fingerprint density at radius 1 is 1.11 bits per heavy atom. The van der Waals surface area contributed by atoms with Gasteiger partial charge >= 0.3 is 0 Å². The molecule has 19 heavy (non-hydrogen) atoms. The van der Waals surface area contributed by atoms with E-state index in [-0.39, 0.29) is 0 Å². The number of hydrogen-bond acceptors (Lipinski definition) is 4. The van der Waals surface area contributed by atoms with Crippen LogP contribution in [0, 0.1) is 3.57 Å². The number of imidazole rings is 1. The molecule has 0 unspecified atom stereocenters. The molecule has 94 valence electrons. The molecule has 0 saturated heterocycles. The molecule has 0 aliphatic rings. The van der Waals surface area contributed by atoms with Crippen molar-refractivity contribution in [3.05, 3.63) is 52.6 Å². The lowest BCUT2D eigenvalue weighted by Crippen LogP contribution is -2.02. The Hall–Kier alpha value is -1.96. The molecule has 2 heterocycles. The number of rotatable bonds is 2. The van der Waals surface area contributed by atoms with E-state index in [9.17, 15) is 0 Å². The van der Waals surface area contributed by atoms with Gasteiger partial charge in [0.05, 0.1) is 0 Å². The van der Waals surface area contributed by atoms with Crippen molar-refractivity contribution >= 4 is 28.3 Å². The standard InChI is InChI=1S/C13H10IN5/c14-10-7-17-13(18-8-10)19-5-4-16-12(19)9-2-1-3-11(15)6-9/h1-8H,15H2. The summed E-state index contributed by atoms with van der Waals surface area (Å²) in [6.45, 7) is 0. The van der Waals surface area contributed by atoms with Crippen molar-refractivity contribution in [2.24, 2.45) is 0 Å². The molecule has 0 amide bonds. The Labute approximate surface area is 123 Å². The Balaban J connectivity index is 2.10. The van der Waals surface area contributed by atoms with Crippen molar-refractivity contribution in [3.8, 4) is 17.3 Å². The summed E-state index contributed by atoms with van der Waals surface area (Å²) in [6, 6.07) is 7.59. The number of hydrogen-bond donors (Lipinski definition) is 1.